The number of rotatable bonds is 4. The number of hydrogen-bond acceptors (Lipinski definition) is 3. The zero-order valence-corrected chi connectivity index (χ0v) is 14.1. The molecule has 0 aliphatic rings. The first-order valence-corrected chi connectivity index (χ1v) is 7.89. The number of thiocarbonyl (C=S) groups is 1. The smallest absolute Gasteiger partial charge is 0.248 e. The van der Waals surface area contributed by atoms with E-state index in [0.29, 0.717) is 6.54 Å². The molecule has 5 nitrogen and oxygen atoms in total. The Morgan fingerprint density at radius 3 is 2.72 bits per heavy atom. The van der Waals surface area contributed by atoms with Gasteiger partial charge in [-0.3, -0.25) is 5.32 Å². The number of hydrogen-bond donors (Lipinski definition) is 2. The van der Waals surface area contributed by atoms with Crippen molar-refractivity contribution in [3.63, 3.8) is 0 Å². The maximum atomic E-state index is 13.6. The van der Waals surface area contributed by atoms with Crippen molar-refractivity contribution in [3.05, 3.63) is 71.6 Å². The van der Waals surface area contributed by atoms with Gasteiger partial charge in [-0.1, -0.05) is 24.3 Å². The third-order valence-corrected chi connectivity index (χ3v) is 3.74. The van der Waals surface area contributed by atoms with Gasteiger partial charge in [-0.05, 0) is 42.4 Å². The predicted molar refractivity (Wildman–Crippen MR) is 96.5 cm³/mol. The van der Waals surface area contributed by atoms with E-state index in [-0.39, 0.29) is 16.7 Å². The molecule has 3 rings (SSSR count). The second-order valence-corrected chi connectivity index (χ2v) is 5.80. The monoisotopic (exact) mass is 359 g/mol. The first-order valence-electron chi connectivity index (χ1n) is 7.48. The van der Waals surface area contributed by atoms with E-state index in [4.69, 9.17) is 12.2 Å². The first kappa shape index (κ1) is 17.0. The molecule has 0 bridgehead atoms. The molecule has 2 N–H and O–H groups in total. The van der Waals surface area contributed by atoms with Crippen LogP contribution >= 0.6 is 12.2 Å². The van der Waals surface area contributed by atoms with Gasteiger partial charge in [0.1, 0.15) is 18.0 Å². The van der Waals surface area contributed by atoms with Crippen LogP contribution in [0.5, 0.6) is 0 Å². The Morgan fingerprint density at radius 2 is 1.96 bits per heavy atom. The van der Waals surface area contributed by atoms with E-state index in [2.05, 4.69) is 20.7 Å². The summed E-state index contributed by atoms with van der Waals surface area (Å²) in [7, 11) is 0. The third kappa shape index (κ3) is 4.36. The van der Waals surface area contributed by atoms with Gasteiger partial charge in [0.25, 0.3) is 0 Å². The Morgan fingerprint density at radius 1 is 1.16 bits per heavy atom. The standard InChI is InChI=1S/C17H15F2N5S/c1-11-4-2-3-5-12(11)9-24-10-20-16(23-24)22-17(25)21-15-7-6-13(18)8-14(15)19/h2-8,10H,9H2,1H3,(H2,21,22,23,25). The van der Waals surface area contributed by atoms with Crippen LogP contribution in [0.15, 0.2) is 48.8 Å². The van der Waals surface area contributed by atoms with Crippen molar-refractivity contribution < 1.29 is 8.78 Å². The summed E-state index contributed by atoms with van der Waals surface area (Å²) in [6, 6.07) is 11.2. The lowest BCUT2D eigenvalue weighted by molar-refractivity contribution is 0.586. The number of anilines is 2. The van der Waals surface area contributed by atoms with Crippen LogP contribution in [-0.2, 0) is 6.54 Å². The number of aryl methyl sites for hydroxylation is 1. The van der Waals surface area contributed by atoms with E-state index in [9.17, 15) is 8.78 Å². The minimum atomic E-state index is -0.734. The summed E-state index contributed by atoms with van der Waals surface area (Å²) in [6.07, 6.45) is 1.58. The molecule has 0 atom stereocenters. The molecule has 0 amide bonds. The second kappa shape index (κ2) is 7.35. The average molecular weight is 359 g/mol. The van der Waals surface area contributed by atoms with Crippen molar-refractivity contribution in [2.45, 2.75) is 13.5 Å². The zero-order chi connectivity index (χ0) is 17.8. The first-order chi connectivity index (χ1) is 12.0. The van der Waals surface area contributed by atoms with Crippen LogP contribution in [0.1, 0.15) is 11.1 Å². The Kier molecular flexibility index (Phi) is 4.99. The summed E-state index contributed by atoms with van der Waals surface area (Å²) < 4.78 is 28.2. The van der Waals surface area contributed by atoms with Gasteiger partial charge in [-0.25, -0.2) is 18.4 Å². The van der Waals surface area contributed by atoms with Gasteiger partial charge >= 0.3 is 0 Å². The lowest BCUT2D eigenvalue weighted by Gasteiger charge is -2.09. The van der Waals surface area contributed by atoms with E-state index >= 15 is 0 Å². The van der Waals surface area contributed by atoms with Crippen molar-refractivity contribution in [2.24, 2.45) is 0 Å². The van der Waals surface area contributed by atoms with Crippen molar-refractivity contribution in [1.29, 1.82) is 0 Å². The number of aromatic nitrogens is 3. The highest BCUT2D eigenvalue weighted by Gasteiger charge is 2.08. The van der Waals surface area contributed by atoms with E-state index in [1.54, 1.807) is 11.0 Å². The summed E-state index contributed by atoms with van der Waals surface area (Å²) in [5, 5.41) is 9.80. The molecule has 0 aliphatic heterocycles. The highest BCUT2D eigenvalue weighted by Crippen LogP contribution is 2.15. The molecule has 0 spiro atoms. The van der Waals surface area contributed by atoms with Crippen molar-refractivity contribution in [2.75, 3.05) is 10.6 Å². The highest BCUT2D eigenvalue weighted by molar-refractivity contribution is 7.80. The molecular weight excluding hydrogens is 344 g/mol. The molecule has 8 heteroatoms. The fourth-order valence-corrected chi connectivity index (χ4v) is 2.44. The Hall–Kier alpha value is -2.87. The summed E-state index contributed by atoms with van der Waals surface area (Å²) in [5.41, 5.74) is 2.36. The number of benzene rings is 2. The minimum absolute atomic E-state index is 0.0678. The van der Waals surface area contributed by atoms with E-state index in [1.807, 2.05) is 31.2 Å². The fraction of sp³-hybridized carbons (Fsp3) is 0.118. The number of halogens is 2. The Bertz CT molecular complexity index is 910. The van der Waals surface area contributed by atoms with Crippen LogP contribution in [0.25, 0.3) is 0 Å². The highest BCUT2D eigenvalue weighted by atomic mass is 32.1. The van der Waals surface area contributed by atoms with Gasteiger partial charge in [0.15, 0.2) is 5.11 Å². The van der Waals surface area contributed by atoms with Gasteiger partial charge in [0.2, 0.25) is 5.95 Å². The second-order valence-electron chi connectivity index (χ2n) is 5.40. The van der Waals surface area contributed by atoms with Crippen LogP contribution in [0.4, 0.5) is 20.4 Å². The average Bonchev–Trinajstić information content (AvgIpc) is 2.99. The number of nitrogens with one attached hydrogen (secondary N) is 2. The lowest BCUT2D eigenvalue weighted by atomic mass is 10.1. The molecule has 0 aliphatic carbocycles. The maximum absolute atomic E-state index is 13.6. The van der Waals surface area contributed by atoms with Crippen molar-refractivity contribution >= 4 is 29.0 Å². The molecule has 128 valence electrons. The molecular formula is C17H15F2N5S. The molecule has 0 unspecified atom stereocenters. The minimum Gasteiger partial charge on any atom is -0.330 e. The maximum Gasteiger partial charge on any atom is 0.248 e. The Balaban J connectivity index is 1.63. The van der Waals surface area contributed by atoms with Crippen molar-refractivity contribution in [3.8, 4) is 0 Å². The number of nitrogens with zero attached hydrogens (tertiary/aromatic N) is 3. The molecule has 3 aromatic rings. The van der Waals surface area contributed by atoms with Crippen LogP contribution < -0.4 is 10.6 Å². The summed E-state index contributed by atoms with van der Waals surface area (Å²) in [5.74, 6) is -1.10. The summed E-state index contributed by atoms with van der Waals surface area (Å²) >= 11 is 5.10. The van der Waals surface area contributed by atoms with Gasteiger partial charge in [-0.2, -0.15) is 0 Å². The molecule has 25 heavy (non-hydrogen) atoms. The quantitative estimate of drug-likeness (QED) is 0.696. The van der Waals surface area contributed by atoms with Gasteiger partial charge in [0.05, 0.1) is 12.2 Å². The van der Waals surface area contributed by atoms with Crippen LogP contribution in [0, 0.1) is 18.6 Å². The van der Waals surface area contributed by atoms with E-state index in [0.717, 1.165) is 23.3 Å². The van der Waals surface area contributed by atoms with Crippen LogP contribution in [0.2, 0.25) is 0 Å². The van der Waals surface area contributed by atoms with Crippen LogP contribution in [-0.4, -0.2) is 19.9 Å². The predicted octanol–water partition coefficient (Wildman–Crippen LogP) is 3.72. The molecule has 1 heterocycles. The van der Waals surface area contributed by atoms with Crippen molar-refractivity contribution in [1.82, 2.24) is 14.8 Å². The SMILES string of the molecule is Cc1ccccc1Cn1cnc(NC(=S)Nc2ccc(F)cc2F)n1. The van der Waals surface area contributed by atoms with Gasteiger partial charge in [-0.15, -0.1) is 5.10 Å². The lowest BCUT2D eigenvalue weighted by Crippen LogP contribution is -2.20. The van der Waals surface area contributed by atoms with E-state index < -0.39 is 11.6 Å². The Labute approximate surface area is 148 Å². The summed E-state index contributed by atoms with van der Waals surface area (Å²) in [6.45, 7) is 2.61. The van der Waals surface area contributed by atoms with Gasteiger partial charge < -0.3 is 5.32 Å². The van der Waals surface area contributed by atoms with Crippen LogP contribution in [0.3, 0.4) is 0 Å². The molecule has 1 aromatic heterocycles. The molecule has 0 fully saturated rings. The van der Waals surface area contributed by atoms with E-state index in [1.165, 1.54) is 6.07 Å². The topological polar surface area (TPSA) is 54.8 Å². The molecule has 0 saturated carbocycles. The molecule has 0 radical (unpaired) electrons. The molecule has 0 saturated heterocycles. The fourth-order valence-electron chi connectivity index (χ4n) is 2.24. The largest absolute Gasteiger partial charge is 0.330 e. The zero-order valence-electron chi connectivity index (χ0n) is 13.3. The third-order valence-electron chi connectivity index (χ3n) is 3.53. The molecule has 2 aromatic carbocycles. The normalized spacial score (nSPS) is 10.5. The summed E-state index contributed by atoms with van der Waals surface area (Å²) in [4.78, 5) is 4.12. The van der Waals surface area contributed by atoms with Gasteiger partial charge in [0, 0.05) is 6.07 Å².